The predicted molar refractivity (Wildman–Crippen MR) is 74.9 cm³/mol. The summed E-state index contributed by atoms with van der Waals surface area (Å²) in [5, 5.41) is 0. The molecule has 0 aromatic heterocycles. The molecule has 0 spiro atoms. The van der Waals surface area contributed by atoms with Crippen LogP contribution in [0.2, 0.25) is 16.4 Å². The average molecular weight is 282 g/mol. The van der Waals surface area contributed by atoms with E-state index in [1.807, 2.05) is 0 Å². The van der Waals surface area contributed by atoms with Crippen LogP contribution < -0.4 is 0 Å². The van der Waals surface area contributed by atoms with Crippen molar-refractivity contribution in [3.8, 4) is 0 Å². The van der Waals surface area contributed by atoms with Crippen LogP contribution in [0.4, 0.5) is 0 Å². The molecule has 0 aromatic rings. The second-order valence-electron chi connectivity index (χ2n) is 4.05. The van der Waals surface area contributed by atoms with Gasteiger partial charge < -0.3 is 7.43 Å². The SMILES string of the molecule is C[N+](P(C)C)=[PH](C)C.[CH3-].[CH3][Ga]([CH3])[CH3]. The molecule has 0 aromatic carbocycles. The molecule has 0 fully saturated rings. The molecule has 0 saturated heterocycles. The van der Waals surface area contributed by atoms with Gasteiger partial charge in [-0.15, -0.1) is 0 Å². The van der Waals surface area contributed by atoms with Crippen LogP contribution in [0.1, 0.15) is 0 Å². The predicted octanol–water partition coefficient (Wildman–Crippen LogP) is 3.76. The third-order valence-electron chi connectivity index (χ3n) is 1.25. The minimum atomic E-state index is -0.479. The van der Waals surface area contributed by atoms with Gasteiger partial charge in [-0.25, -0.2) is 0 Å². The van der Waals surface area contributed by atoms with E-state index in [-0.39, 0.29) is 23.2 Å². The summed E-state index contributed by atoms with van der Waals surface area (Å²) in [6, 6.07) is 0. The molecule has 0 atom stereocenters. The Morgan fingerprint density at radius 1 is 1.08 bits per heavy atom. The minimum absolute atomic E-state index is 0. The average Bonchev–Trinajstić information content (AvgIpc) is 1.84. The monoisotopic (exact) mass is 281 g/mol. The fourth-order valence-electron chi connectivity index (χ4n) is 0.400. The molecule has 0 aliphatic rings. The van der Waals surface area contributed by atoms with Gasteiger partial charge in [0.15, 0.2) is 8.07 Å². The quantitative estimate of drug-likeness (QED) is 0.391. The maximum absolute atomic E-state index is 2.50. The van der Waals surface area contributed by atoms with E-state index >= 15 is 0 Å². The van der Waals surface area contributed by atoms with Crippen molar-refractivity contribution >= 4 is 32.0 Å². The van der Waals surface area contributed by atoms with Crippen LogP contribution in [0.25, 0.3) is 0 Å². The first-order valence-electron chi connectivity index (χ1n) is 4.50. The van der Waals surface area contributed by atoms with Crippen LogP contribution in [0, 0.1) is 7.43 Å². The Kier molecular flexibility index (Phi) is 17.3. The van der Waals surface area contributed by atoms with E-state index in [4.69, 9.17) is 0 Å². The van der Waals surface area contributed by atoms with Gasteiger partial charge in [0.05, 0.1) is 7.71 Å². The van der Waals surface area contributed by atoms with Crippen LogP contribution in [0.5, 0.6) is 0 Å². The number of hydrogen-bond acceptors (Lipinski definition) is 0. The standard InChI is InChI=1S/C5H16NP2.4CH3.Ga/c1-6(7(2)3)8(4)5;;;;;/h7H,1-5H3;4*1H3;/q+1;;;;-1;. The normalized spacial score (nSPS) is 8.77. The molecule has 0 aliphatic carbocycles. The Balaban J connectivity index is -0.000000173. The van der Waals surface area contributed by atoms with E-state index in [9.17, 15) is 0 Å². The van der Waals surface area contributed by atoms with Gasteiger partial charge in [-0.2, -0.15) is 0 Å². The van der Waals surface area contributed by atoms with Gasteiger partial charge in [0.2, 0.25) is 0 Å². The van der Waals surface area contributed by atoms with Crippen molar-refractivity contribution in [3.63, 3.8) is 0 Å². The molecule has 0 unspecified atom stereocenters. The molecule has 0 radical (unpaired) electrons. The van der Waals surface area contributed by atoms with E-state index in [0.29, 0.717) is 0 Å². The molecule has 0 rings (SSSR count). The van der Waals surface area contributed by atoms with Gasteiger partial charge in [0.1, 0.15) is 7.05 Å². The van der Waals surface area contributed by atoms with Gasteiger partial charge in [-0.3, -0.25) is 4.10 Å². The van der Waals surface area contributed by atoms with Gasteiger partial charge in [-0.05, 0) is 0 Å². The zero-order chi connectivity index (χ0) is 10.3. The van der Waals surface area contributed by atoms with Gasteiger partial charge in [-0.1, -0.05) is 0 Å². The first-order valence-corrected chi connectivity index (χ1v) is 16.4. The second-order valence-corrected chi connectivity index (χ2v) is 16.6. The van der Waals surface area contributed by atoms with E-state index < -0.39 is 16.2 Å². The molecular formula is C9H28GaNP2. The van der Waals surface area contributed by atoms with Crippen LogP contribution >= 0.6 is 15.8 Å². The third-order valence-corrected chi connectivity index (χ3v) is 6.14. The van der Waals surface area contributed by atoms with Crippen molar-refractivity contribution < 1.29 is 4.10 Å². The fourth-order valence-corrected chi connectivity index (χ4v) is 3.60. The van der Waals surface area contributed by atoms with E-state index in [2.05, 4.69) is 54.2 Å². The summed E-state index contributed by atoms with van der Waals surface area (Å²) < 4.78 is 2.50. The first-order chi connectivity index (χ1) is 5.29. The van der Waals surface area contributed by atoms with Gasteiger partial charge >= 0.3 is 32.7 Å². The first kappa shape index (κ1) is 19.8. The van der Waals surface area contributed by atoms with Crippen LogP contribution in [0.3, 0.4) is 0 Å². The molecule has 1 nitrogen and oxygen atoms in total. The summed E-state index contributed by atoms with van der Waals surface area (Å²) in [5.41, 5.74) is 7.06. The van der Waals surface area contributed by atoms with Crippen molar-refractivity contribution in [2.24, 2.45) is 0 Å². The van der Waals surface area contributed by atoms with Crippen molar-refractivity contribution in [2.75, 3.05) is 33.7 Å². The summed E-state index contributed by atoms with van der Waals surface area (Å²) >= 11 is -0.479. The van der Waals surface area contributed by atoms with Crippen molar-refractivity contribution in [2.45, 2.75) is 16.4 Å². The van der Waals surface area contributed by atoms with Crippen molar-refractivity contribution in [1.29, 1.82) is 0 Å². The molecule has 0 bridgehead atoms. The molecule has 0 amide bonds. The zero-order valence-electron chi connectivity index (χ0n) is 11.0. The Hall–Kier alpha value is 1.30. The summed E-state index contributed by atoms with van der Waals surface area (Å²) in [5.74, 6) is 0. The van der Waals surface area contributed by atoms with Crippen LogP contribution in [0.15, 0.2) is 0 Å². The molecule has 0 heterocycles. The molecule has 82 valence electrons. The van der Waals surface area contributed by atoms with E-state index in [0.717, 1.165) is 0 Å². The molecule has 0 N–H and O–H groups in total. The summed E-state index contributed by atoms with van der Waals surface area (Å²) in [7, 11) is 2.25. The molecular weight excluding hydrogens is 254 g/mol. The zero-order valence-corrected chi connectivity index (χ0v) is 15.3. The Morgan fingerprint density at radius 3 is 1.31 bits per heavy atom. The fraction of sp³-hybridized carbons (Fsp3) is 0.889. The van der Waals surface area contributed by atoms with Crippen molar-refractivity contribution in [1.82, 2.24) is 0 Å². The third kappa shape index (κ3) is 19.6. The van der Waals surface area contributed by atoms with Crippen LogP contribution in [-0.4, -0.2) is 54.0 Å². The summed E-state index contributed by atoms with van der Waals surface area (Å²) in [4.78, 5) is 0. The van der Waals surface area contributed by atoms with Crippen molar-refractivity contribution in [3.05, 3.63) is 7.43 Å². The maximum atomic E-state index is 2.50. The Bertz CT molecular complexity index is 138. The number of rotatable bonds is 1. The Labute approximate surface area is 93.6 Å². The summed E-state index contributed by atoms with van der Waals surface area (Å²) in [6.07, 6.45) is 0. The second kappa shape index (κ2) is 11.4. The van der Waals surface area contributed by atoms with E-state index in [1.54, 1.807) is 0 Å². The van der Waals surface area contributed by atoms with Gasteiger partial charge in [0, 0.05) is 26.7 Å². The Morgan fingerprint density at radius 2 is 1.31 bits per heavy atom. The topological polar surface area (TPSA) is 3.01 Å². The van der Waals surface area contributed by atoms with Gasteiger partial charge in [0.25, 0.3) is 0 Å². The van der Waals surface area contributed by atoms with Crippen LogP contribution in [-0.2, 0) is 0 Å². The molecule has 4 heteroatoms. The van der Waals surface area contributed by atoms with E-state index in [1.165, 1.54) is 0 Å². The summed E-state index contributed by atoms with van der Waals surface area (Å²) in [6.45, 7) is 9.25. The molecule has 0 aliphatic heterocycles. The number of nitrogens with zero attached hydrogens (tertiary/aromatic N) is 1. The molecule has 13 heavy (non-hydrogen) atoms. The number of hydrogen-bond donors (Lipinski definition) is 0. The molecule has 0 saturated carbocycles.